The summed E-state index contributed by atoms with van der Waals surface area (Å²) in [5.74, 6) is -0.509. The average molecular weight is 264 g/mol. The number of benzene rings is 1. The van der Waals surface area contributed by atoms with Gasteiger partial charge in [0.25, 0.3) is 0 Å². The molecule has 1 aromatic carbocycles. The first kappa shape index (κ1) is 15.6. The Balaban J connectivity index is 2.67. The van der Waals surface area contributed by atoms with E-state index in [1.165, 1.54) is 12.1 Å². The van der Waals surface area contributed by atoms with Gasteiger partial charge in [0.05, 0.1) is 11.7 Å². The van der Waals surface area contributed by atoms with Crippen LogP contribution in [0.25, 0.3) is 0 Å². The first-order valence-electron chi connectivity index (χ1n) is 6.36. The maximum absolute atomic E-state index is 13.5. The highest BCUT2D eigenvalue weighted by molar-refractivity contribution is 5.34. The number of aliphatic hydroxyl groups excluding tert-OH is 1. The second-order valence-electron chi connectivity index (χ2n) is 5.86. The van der Waals surface area contributed by atoms with Gasteiger partial charge >= 0.3 is 0 Å². The molecule has 0 amide bonds. The minimum Gasteiger partial charge on any atom is -0.391 e. The first-order chi connectivity index (χ1) is 8.75. The van der Waals surface area contributed by atoms with Crippen LogP contribution in [0.15, 0.2) is 18.2 Å². The third-order valence-electron chi connectivity index (χ3n) is 3.23. The van der Waals surface area contributed by atoms with Crippen LogP contribution < -0.4 is 5.32 Å². The van der Waals surface area contributed by atoms with E-state index in [0.717, 1.165) is 5.56 Å². The van der Waals surface area contributed by atoms with Crippen molar-refractivity contribution in [3.05, 3.63) is 35.1 Å². The van der Waals surface area contributed by atoms with Gasteiger partial charge in [-0.1, -0.05) is 26.8 Å². The molecule has 0 radical (unpaired) electrons. The van der Waals surface area contributed by atoms with E-state index in [-0.39, 0.29) is 17.0 Å². The number of nitrogens with zero attached hydrogens (tertiary/aromatic N) is 1. The molecule has 2 atom stereocenters. The number of nitrogens with one attached hydrogen (secondary N) is 1. The van der Waals surface area contributed by atoms with Crippen LogP contribution in [0.4, 0.5) is 4.39 Å². The highest BCUT2D eigenvalue weighted by atomic mass is 19.1. The number of hydrogen-bond acceptors (Lipinski definition) is 3. The molecule has 0 saturated carbocycles. The molecule has 2 unspecified atom stereocenters. The number of rotatable bonds is 4. The van der Waals surface area contributed by atoms with Crippen molar-refractivity contribution in [2.75, 3.05) is 6.54 Å². The minimum atomic E-state index is -0.509. The SMILES string of the molecule is CC(NCC(O)C(C)(C)C)c1ccc(C#N)c(F)c1. The lowest BCUT2D eigenvalue weighted by atomic mass is 9.89. The zero-order chi connectivity index (χ0) is 14.6. The summed E-state index contributed by atoms with van der Waals surface area (Å²) in [7, 11) is 0. The van der Waals surface area contributed by atoms with Gasteiger partial charge in [-0.25, -0.2) is 4.39 Å². The van der Waals surface area contributed by atoms with Gasteiger partial charge in [0.1, 0.15) is 11.9 Å². The zero-order valence-electron chi connectivity index (χ0n) is 11.9. The van der Waals surface area contributed by atoms with Gasteiger partial charge in [0, 0.05) is 12.6 Å². The molecule has 104 valence electrons. The highest BCUT2D eigenvalue weighted by Crippen LogP contribution is 2.20. The molecule has 0 saturated heterocycles. The van der Waals surface area contributed by atoms with E-state index in [1.54, 1.807) is 12.1 Å². The van der Waals surface area contributed by atoms with Gasteiger partial charge in [0.2, 0.25) is 0 Å². The van der Waals surface area contributed by atoms with Crippen LogP contribution in [0.2, 0.25) is 0 Å². The summed E-state index contributed by atoms with van der Waals surface area (Å²) < 4.78 is 13.5. The maximum atomic E-state index is 13.5. The topological polar surface area (TPSA) is 56.0 Å². The Morgan fingerprint density at radius 3 is 2.53 bits per heavy atom. The summed E-state index contributed by atoms with van der Waals surface area (Å²) in [6.45, 7) is 8.23. The molecule has 0 fully saturated rings. The van der Waals surface area contributed by atoms with E-state index >= 15 is 0 Å². The van der Waals surface area contributed by atoms with Crippen molar-refractivity contribution in [3.8, 4) is 6.07 Å². The van der Waals surface area contributed by atoms with Gasteiger partial charge in [0.15, 0.2) is 0 Å². The van der Waals surface area contributed by atoms with E-state index in [4.69, 9.17) is 5.26 Å². The summed E-state index contributed by atoms with van der Waals surface area (Å²) >= 11 is 0. The predicted molar refractivity (Wildman–Crippen MR) is 73.0 cm³/mol. The van der Waals surface area contributed by atoms with Crippen LogP contribution in [0.5, 0.6) is 0 Å². The van der Waals surface area contributed by atoms with Crippen LogP contribution in [-0.2, 0) is 0 Å². The number of nitriles is 1. The predicted octanol–water partition coefficient (Wildman–Crippen LogP) is 2.75. The Morgan fingerprint density at radius 1 is 1.42 bits per heavy atom. The van der Waals surface area contributed by atoms with Crippen LogP contribution in [0, 0.1) is 22.6 Å². The molecule has 19 heavy (non-hydrogen) atoms. The average Bonchev–Trinajstić information content (AvgIpc) is 2.34. The molecule has 1 aromatic rings. The molecule has 0 spiro atoms. The lowest BCUT2D eigenvalue weighted by Gasteiger charge is -2.27. The third-order valence-corrected chi connectivity index (χ3v) is 3.23. The molecule has 0 aliphatic carbocycles. The molecule has 0 aliphatic heterocycles. The van der Waals surface area contributed by atoms with E-state index in [2.05, 4.69) is 5.32 Å². The molecular weight excluding hydrogens is 243 g/mol. The molecule has 0 aliphatic rings. The zero-order valence-corrected chi connectivity index (χ0v) is 11.9. The largest absolute Gasteiger partial charge is 0.391 e. The van der Waals surface area contributed by atoms with Gasteiger partial charge in [-0.05, 0) is 30.0 Å². The summed E-state index contributed by atoms with van der Waals surface area (Å²) in [6.07, 6.45) is -0.474. The Bertz CT molecular complexity index is 474. The van der Waals surface area contributed by atoms with Crippen LogP contribution in [-0.4, -0.2) is 17.8 Å². The lowest BCUT2D eigenvalue weighted by Crippen LogP contribution is -2.37. The second kappa shape index (κ2) is 6.14. The Kier molecular flexibility index (Phi) is 5.04. The van der Waals surface area contributed by atoms with Crippen molar-refractivity contribution in [1.82, 2.24) is 5.32 Å². The van der Waals surface area contributed by atoms with Gasteiger partial charge < -0.3 is 10.4 Å². The van der Waals surface area contributed by atoms with Gasteiger partial charge in [-0.2, -0.15) is 5.26 Å². The van der Waals surface area contributed by atoms with E-state index in [1.807, 2.05) is 27.7 Å². The normalized spacial score (nSPS) is 14.8. The van der Waals surface area contributed by atoms with Gasteiger partial charge in [-0.3, -0.25) is 0 Å². The summed E-state index contributed by atoms with van der Waals surface area (Å²) in [4.78, 5) is 0. The fourth-order valence-corrected chi connectivity index (χ4v) is 1.60. The third kappa shape index (κ3) is 4.30. The molecule has 4 heteroatoms. The monoisotopic (exact) mass is 264 g/mol. The second-order valence-corrected chi connectivity index (χ2v) is 5.86. The Hall–Kier alpha value is -1.44. The highest BCUT2D eigenvalue weighted by Gasteiger charge is 2.22. The van der Waals surface area contributed by atoms with Crippen LogP contribution >= 0.6 is 0 Å². The lowest BCUT2D eigenvalue weighted by molar-refractivity contribution is 0.0609. The quantitative estimate of drug-likeness (QED) is 0.879. The summed E-state index contributed by atoms with van der Waals surface area (Å²) in [6, 6.07) is 6.27. The number of aliphatic hydroxyl groups is 1. The number of hydrogen-bond donors (Lipinski definition) is 2. The molecule has 1 rings (SSSR count). The Morgan fingerprint density at radius 2 is 2.05 bits per heavy atom. The summed E-state index contributed by atoms with van der Waals surface area (Å²) in [5.41, 5.74) is 0.617. The van der Waals surface area contributed by atoms with Crippen molar-refractivity contribution in [2.24, 2.45) is 5.41 Å². The van der Waals surface area contributed by atoms with E-state index in [9.17, 15) is 9.50 Å². The van der Waals surface area contributed by atoms with Crippen LogP contribution in [0.1, 0.15) is 44.9 Å². The molecule has 0 bridgehead atoms. The maximum Gasteiger partial charge on any atom is 0.141 e. The fourth-order valence-electron chi connectivity index (χ4n) is 1.60. The first-order valence-corrected chi connectivity index (χ1v) is 6.36. The Labute approximate surface area is 114 Å². The smallest absolute Gasteiger partial charge is 0.141 e. The molecular formula is C15H21FN2O. The fraction of sp³-hybridized carbons (Fsp3) is 0.533. The van der Waals surface area contributed by atoms with E-state index < -0.39 is 11.9 Å². The van der Waals surface area contributed by atoms with Crippen molar-refractivity contribution < 1.29 is 9.50 Å². The van der Waals surface area contributed by atoms with Crippen molar-refractivity contribution in [1.29, 1.82) is 5.26 Å². The van der Waals surface area contributed by atoms with Crippen LogP contribution in [0.3, 0.4) is 0 Å². The van der Waals surface area contributed by atoms with Crippen molar-refractivity contribution in [3.63, 3.8) is 0 Å². The number of halogens is 1. The molecule has 3 nitrogen and oxygen atoms in total. The van der Waals surface area contributed by atoms with Crippen molar-refractivity contribution >= 4 is 0 Å². The van der Waals surface area contributed by atoms with Gasteiger partial charge in [-0.15, -0.1) is 0 Å². The molecule has 0 aromatic heterocycles. The molecule has 0 heterocycles. The standard InChI is InChI=1S/C15H21FN2O/c1-10(18-9-14(19)15(2,3)4)11-5-6-12(8-17)13(16)7-11/h5-7,10,14,18-19H,9H2,1-4H3. The molecule has 2 N–H and O–H groups in total. The minimum absolute atomic E-state index is 0.0469. The van der Waals surface area contributed by atoms with Crippen molar-refractivity contribution in [2.45, 2.75) is 39.8 Å². The van der Waals surface area contributed by atoms with E-state index in [0.29, 0.717) is 6.54 Å². The summed E-state index contributed by atoms with van der Waals surface area (Å²) in [5, 5.41) is 21.8.